The SMILES string of the molecule is CC(C)C(C)NC(=O)CN1CCSc2ccc(N)cc21. The molecule has 0 bridgehead atoms. The van der Waals surface area contributed by atoms with Crippen molar-refractivity contribution in [3.8, 4) is 0 Å². The predicted octanol–water partition coefficient (Wildman–Crippen LogP) is 2.34. The highest BCUT2D eigenvalue weighted by atomic mass is 32.2. The van der Waals surface area contributed by atoms with Gasteiger partial charge in [-0.25, -0.2) is 0 Å². The largest absolute Gasteiger partial charge is 0.399 e. The number of benzene rings is 1. The Morgan fingerprint density at radius 3 is 2.90 bits per heavy atom. The summed E-state index contributed by atoms with van der Waals surface area (Å²) in [5.74, 6) is 1.52. The van der Waals surface area contributed by atoms with Gasteiger partial charge < -0.3 is 16.0 Å². The zero-order valence-corrected chi connectivity index (χ0v) is 13.2. The van der Waals surface area contributed by atoms with Crippen LogP contribution in [0.15, 0.2) is 23.1 Å². The molecule has 3 N–H and O–H groups in total. The summed E-state index contributed by atoms with van der Waals surface area (Å²) in [6, 6.07) is 6.11. The Morgan fingerprint density at radius 2 is 2.20 bits per heavy atom. The maximum atomic E-state index is 12.1. The molecule has 1 atom stereocenters. The number of carbonyl (C=O) groups excluding carboxylic acids is 1. The highest BCUT2D eigenvalue weighted by Gasteiger charge is 2.20. The molecule has 1 aromatic carbocycles. The molecule has 1 unspecified atom stereocenters. The van der Waals surface area contributed by atoms with Crippen molar-refractivity contribution in [1.29, 1.82) is 0 Å². The van der Waals surface area contributed by atoms with Crippen LogP contribution >= 0.6 is 11.8 Å². The number of nitrogens with one attached hydrogen (secondary N) is 1. The summed E-state index contributed by atoms with van der Waals surface area (Å²) in [6.07, 6.45) is 0. The van der Waals surface area contributed by atoms with Gasteiger partial charge in [0, 0.05) is 28.9 Å². The van der Waals surface area contributed by atoms with Crippen LogP contribution in [0, 0.1) is 5.92 Å². The molecule has 1 aliphatic heterocycles. The molecule has 0 fully saturated rings. The van der Waals surface area contributed by atoms with E-state index in [0.717, 1.165) is 23.7 Å². The van der Waals surface area contributed by atoms with Gasteiger partial charge in [-0.1, -0.05) is 13.8 Å². The number of nitrogen functional groups attached to an aromatic ring is 1. The molecular weight excluding hydrogens is 270 g/mol. The van der Waals surface area contributed by atoms with Crippen LogP contribution in [0.1, 0.15) is 20.8 Å². The summed E-state index contributed by atoms with van der Waals surface area (Å²) in [6.45, 7) is 7.54. The number of amides is 1. The van der Waals surface area contributed by atoms with Crippen molar-refractivity contribution in [3.05, 3.63) is 18.2 Å². The van der Waals surface area contributed by atoms with Gasteiger partial charge in [-0.3, -0.25) is 4.79 Å². The van der Waals surface area contributed by atoms with E-state index in [4.69, 9.17) is 5.73 Å². The Bertz CT molecular complexity index is 490. The van der Waals surface area contributed by atoms with Crippen LogP contribution in [-0.2, 0) is 4.79 Å². The summed E-state index contributed by atoms with van der Waals surface area (Å²) in [5, 5.41) is 3.05. The first-order valence-corrected chi connectivity index (χ1v) is 8.02. The van der Waals surface area contributed by atoms with Crippen LogP contribution in [-0.4, -0.2) is 30.8 Å². The number of carbonyl (C=O) groups is 1. The van der Waals surface area contributed by atoms with E-state index in [1.807, 2.05) is 36.9 Å². The number of anilines is 2. The molecule has 5 heteroatoms. The van der Waals surface area contributed by atoms with Crippen molar-refractivity contribution in [2.75, 3.05) is 29.5 Å². The van der Waals surface area contributed by atoms with Crippen LogP contribution in [0.2, 0.25) is 0 Å². The standard InChI is InChI=1S/C15H23N3OS/c1-10(2)11(3)17-15(19)9-18-6-7-20-14-5-4-12(16)8-13(14)18/h4-5,8,10-11H,6-7,9,16H2,1-3H3,(H,17,19). The Hall–Kier alpha value is -1.36. The Kier molecular flexibility index (Phi) is 4.81. The number of fused-ring (bicyclic) bond motifs is 1. The lowest BCUT2D eigenvalue weighted by Gasteiger charge is -2.31. The van der Waals surface area contributed by atoms with Crippen LogP contribution in [0.25, 0.3) is 0 Å². The van der Waals surface area contributed by atoms with E-state index in [-0.39, 0.29) is 11.9 Å². The minimum absolute atomic E-state index is 0.0754. The van der Waals surface area contributed by atoms with Gasteiger partial charge in [-0.2, -0.15) is 0 Å². The van der Waals surface area contributed by atoms with E-state index in [2.05, 4.69) is 24.1 Å². The van der Waals surface area contributed by atoms with Crippen LogP contribution in [0.3, 0.4) is 0 Å². The number of rotatable bonds is 4. The maximum absolute atomic E-state index is 12.1. The average Bonchev–Trinajstić information content (AvgIpc) is 2.39. The monoisotopic (exact) mass is 293 g/mol. The van der Waals surface area contributed by atoms with Crippen molar-refractivity contribution in [3.63, 3.8) is 0 Å². The fourth-order valence-electron chi connectivity index (χ4n) is 2.09. The first-order chi connectivity index (χ1) is 9.47. The number of hydrogen-bond donors (Lipinski definition) is 2. The summed E-state index contributed by atoms with van der Waals surface area (Å²) >= 11 is 1.82. The first kappa shape index (κ1) is 15.0. The molecule has 0 saturated carbocycles. The lowest BCUT2D eigenvalue weighted by atomic mass is 10.1. The minimum atomic E-state index is 0.0754. The molecule has 1 amide bonds. The molecule has 0 aromatic heterocycles. The third-order valence-electron chi connectivity index (χ3n) is 3.67. The van der Waals surface area contributed by atoms with Crippen molar-refractivity contribution in [2.24, 2.45) is 5.92 Å². The lowest BCUT2D eigenvalue weighted by molar-refractivity contribution is -0.120. The van der Waals surface area contributed by atoms with E-state index >= 15 is 0 Å². The van der Waals surface area contributed by atoms with Crippen molar-refractivity contribution >= 4 is 29.0 Å². The second-order valence-electron chi connectivity index (χ2n) is 5.60. The topological polar surface area (TPSA) is 58.4 Å². The molecule has 1 aliphatic rings. The quantitative estimate of drug-likeness (QED) is 0.837. The minimum Gasteiger partial charge on any atom is -0.399 e. The number of hydrogen-bond acceptors (Lipinski definition) is 4. The van der Waals surface area contributed by atoms with Gasteiger partial charge in [0.25, 0.3) is 0 Å². The third-order valence-corrected chi connectivity index (χ3v) is 4.71. The maximum Gasteiger partial charge on any atom is 0.239 e. The molecule has 0 radical (unpaired) electrons. The number of thioether (sulfide) groups is 1. The van der Waals surface area contributed by atoms with Gasteiger partial charge in [0.05, 0.1) is 12.2 Å². The van der Waals surface area contributed by atoms with Crippen LogP contribution in [0.5, 0.6) is 0 Å². The van der Waals surface area contributed by atoms with E-state index in [9.17, 15) is 4.79 Å². The second-order valence-corrected chi connectivity index (χ2v) is 6.73. The average molecular weight is 293 g/mol. The van der Waals surface area contributed by atoms with Gasteiger partial charge in [-0.15, -0.1) is 11.8 Å². The molecule has 0 saturated heterocycles. The van der Waals surface area contributed by atoms with E-state index in [0.29, 0.717) is 12.5 Å². The number of nitrogens with zero attached hydrogens (tertiary/aromatic N) is 1. The predicted molar refractivity (Wildman–Crippen MR) is 86.2 cm³/mol. The molecule has 1 heterocycles. The van der Waals surface area contributed by atoms with Crippen molar-refractivity contribution in [1.82, 2.24) is 5.32 Å². The molecule has 4 nitrogen and oxygen atoms in total. The Balaban J connectivity index is 2.04. The summed E-state index contributed by atoms with van der Waals surface area (Å²) in [5.41, 5.74) is 7.68. The highest BCUT2D eigenvalue weighted by molar-refractivity contribution is 7.99. The summed E-state index contributed by atoms with van der Waals surface area (Å²) in [4.78, 5) is 15.4. The molecule has 20 heavy (non-hydrogen) atoms. The lowest BCUT2D eigenvalue weighted by Crippen LogP contribution is -2.44. The second kappa shape index (κ2) is 6.39. The molecular formula is C15H23N3OS. The van der Waals surface area contributed by atoms with Crippen molar-refractivity contribution < 1.29 is 4.79 Å². The zero-order chi connectivity index (χ0) is 14.7. The van der Waals surface area contributed by atoms with Gasteiger partial charge >= 0.3 is 0 Å². The summed E-state index contributed by atoms with van der Waals surface area (Å²) in [7, 11) is 0. The van der Waals surface area contributed by atoms with Gasteiger partial charge in [0.2, 0.25) is 5.91 Å². The molecule has 2 rings (SSSR count). The van der Waals surface area contributed by atoms with E-state index < -0.39 is 0 Å². The fraction of sp³-hybridized carbons (Fsp3) is 0.533. The molecule has 110 valence electrons. The van der Waals surface area contributed by atoms with E-state index in [1.165, 1.54) is 4.90 Å². The third kappa shape index (κ3) is 3.60. The number of nitrogens with two attached hydrogens (primary N) is 1. The molecule has 0 spiro atoms. The van der Waals surface area contributed by atoms with Crippen molar-refractivity contribution in [2.45, 2.75) is 31.7 Å². The fourth-order valence-corrected chi connectivity index (χ4v) is 3.13. The Morgan fingerprint density at radius 1 is 1.45 bits per heavy atom. The van der Waals surface area contributed by atoms with E-state index in [1.54, 1.807) is 0 Å². The normalized spacial score (nSPS) is 15.9. The highest BCUT2D eigenvalue weighted by Crippen LogP contribution is 2.35. The van der Waals surface area contributed by atoms with Gasteiger partial charge in [0.15, 0.2) is 0 Å². The van der Waals surface area contributed by atoms with Crippen LogP contribution in [0.4, 0.5) is 11.4 Å². The first-order valence-electron chi connectivity index (χ1n) is 7.04. The zero-order valence-electron chi connectivity index (χ0n) is 12.3. The smallest absolute Gasteiger partial charge is 0.239 e. The summed E-state index contributed by atoms with van der Waals surface area (Å²) < 4.78 is 0. The Labute approximate surface area is 125 Å². The van der Waals surface area contributed by atoms with Gasteiger partial charge in [-0.05, 0) is 31.0 Å². The molecule has 1 aromatic rings. The van der Waals surface area contributed by atoms with Crippen LogP contribution < -0.4 is 16.0 Å². The van der Waals surface area contributed by atoms with Gasteiger partial charge in [0.1, 0.15) is 0 Å². The molecule has 0 aliphatic carbocycles.